The van der Waals surface area contributed by atoms with Crippen LogP contribution < -0.4 is 4.90 Å². The van der Waals surface area contributed by atoms with Gasteiger partial charge in [0.25, 0.3) is 11.8 Å². The molecule has 1 saturated heterocycles. The van der Waals surface area contributed by atoms with Crippen molar-refractivity contribution in [1.82, 2.24) is 9.80 Å². The number of nitrogens with zero attached hydrogens (tertiary/aromatic N) is 3. The van der Waals surface area contributed by atoms with Gasteiger partial charge in [-0.15, -0.1) is 0 Å². The normalized spacial score (nSPS) is 16.5. The van der Waals surface area contributed by atoms with Crippen LogP contribution in [0.2, 0.25) is 5.02 Å². The molecule has 0 aliphatic carbocycles. The van der Waals surface area contributed by atoms with E-state index < -0.39 is 0 Å². The lowest BCUT2D eigenvalue weighted by Gasteiger charge is -2.36. The van der Waals surface area contributed by atoms with E-state index in [1.807, 2.05) is 18.2 Å². The zero-order valence-electron chi connectivity index (χ0n) is 15.3. The summed E-state index contributed by atoms with van der Waals surface area (Å²) in [5.41, 5.74) is 1.80. The predicted octanol–water partition coefficient (Wildman–Crippen LogP) is 2.67. The van der Waals surface area contributed by atoms with Crippen LogP contribution in [-0.2, 0) is 4.79 Å². The largest absolute Gasteiger partial charge is 0.368 e. The third-order valence-electron chi connectivity index (χ3n) is 5.24. The number of fused-ring (bicyclic) bond motifs is 1. The third kappa shape index (κ3) is 3.47. The minimum atomic E-state index is -0.385. The molecule has 6 nitrogen and oxygen atoms in total. The highest BCUT2D eigenvalue weighted by molar-refractivity contribution is 6.32. The van der Waals surface area contributed by atoms with Crippen molar-refractivity contribution in [2.24, 2.45) is 0 Å². The zero-order valence-corrected chi connectivity index (χ0v) is 16.1. The number of amides is 3. The number of hydrogen-bond acceptors (Lipinski definition) is 4. The SMILES string of the molecule is O=C(CCN1C(=O)c2ccc(Cl)cc2C1=O)N1CCN(c2ccccc2)CC1. The van der Waals surface area contributed by atoms with Gasteiger partial charge in [-0.3, -0.25) is 19.3 Å². The molecule has 144 valence electrons. The summed E-state index contributed by atoms with van der Waals surface area (Å²) >= 11 is 5.92. The quantitative estimate of drug-likeness (QED) is 0.744. The number of carbonyl (C=O) groups excluding carboxylic acids is 3. The Hall–Kier alpha value is -2.86. The summed E-state index contributed by atoms with van der Waals surface area (Å²) in [5.74, 6) is -0.787. The number of para-hydroxylation sites is 1. The highest BCUT2D eigenvalue weighted by atomic mass is 35.5. The van der Waals surface area contributed by atoms with Gasteiger partial charge in [0.15, 0.2) is 0 Å². The predicted molar refractivity (Wildman–Crippen MR) is 107 cm³/mol. The van der Waals surface area contributed by atoms with Gasteiger partial charge in [-0.05, 0) is 30.3 Å². The molecule has 3 amide bonds. The Bertz CT molecular complexity index is 924. The second-order valence-electron chi connectivity index (χ2n) is 6.91. The van der Waals surface area contributed by atoms with Crippen molar-refractivity contribution in [2.45, 2.75) is 6.42 Å². The molecular weight excluding hydrogens is 378 g/mol. The monoisotopic (exact) mass is 397 g/mol. The summed E-state index contributed by atoms with van der Waals surface area (Å²) in [7, 11) is 0. The number of hydrogen-bond donors (Lipinski definition) is 0. The number of rotatable bonds is 4. The minimum absolute atomic E-state index is 0.0395. The van der Waals surface area contributed by atoms with Crippen LogP contribution in [0.25, 0.3) is 0 Å². The fourth-order valence-electron chi connectivity index (χ4n) is 3.68. The van der Waals surface area contributed by atoms with Crippen LogP contribution in [0.5, 0.6) is 0 Å². The van der Waals surface area contributed by atoms with Gasteiger partial charge in [-0.2, -0.15) is 0 Å². The number of piperazine rings is 1. The van der Waals surface area contributed by atoms with Gasteiger partial charge in [0, 0.05) is 49.9 Å². The average Bonchev–Trinajstić information content (AvgIpc) is 2.96. The molecule has 0 spiro atoms. The molecule has 0 N–H and O–H groups in total. The molecule has 0 unspecified atom stereocenters. The zero-order chi connectivity index (χ0) is 19.7. The maximum Gasteiger partial charge on any atom is 0.261 e. The molecule has 4 rings (SSSR count). The molecule has 2 aromatic rings. The first-order valence-corrected chi connectivity index (χ1v) is 9.66. The fraction of sp³-hybridized carbons (Fsp3) is 0.286. The molecule has 0 bridgehead atoms. The molecule has 1 fully saturated rings. The second kappa shape index (κ2) is 7.64. The summed E-state index contributed by atoms with van der Waals surface area (Å²) in [5, 5.41) is 0.411. The van der Waals surface area contributed by atoms with E-state index in [2.05, 4.69) is 17.0 Å². The smallest absolute Gasteiger partial charge is 0.261 e. The van der Waals surface area contributed by atoms with Crippen LogP contribution in [0.4, 0.5) is 5.69 Å². The van der Waals surface area contributed by atoms with Crippen molar-refractivity contribution in [3.63, 3.8) is 0 Å². The average molecular weight is 398 g/mol. The van der Waals surface area contributed by atoms with Crippen LogP contribution in [0.3, 0.4) is 0 Å². The minimum Gasteiger partial charge on any atom is -0.368 e. The second-order valence-corrected chi connectivity index (χ2v) is 7.34. The number of anilines is 1. The molecule has 7 heteroatoms. The summed E-state index contributed by atoms with van der Waals surface area (Å²) < 4.78 is 0. The van der Waals surface area contributed by atoms with Crippen molar-refractivity contribution in [3.8, 4) is 0 Å². The number of carbonyl (C=O) groups is 3. The van der Waals surface area contributed by atoms with Crippen molar-refractivity contribution in [3.05, 3.63) is 64.7 Å². The standard InChI is InChI=1S/C21H20ClN3O3/c22-15-6-7-17-18(14-15)21(28)25(20(17)27)9-8-19(26)24-12-10-23(11-13-24)16-4-2-1-3-5-16/h1-7,14H,8-13H2. The van der Waals surface area contributed by atoms with Crippen molar-refractivity contribution in [1.29, 1.82) is 0 Å². The van der Waals surface area contributed by atoms with Crippen molar-refractivity contribution >= 4 is 35.0 Å². The Kier molecular flexibility index (Phi) is 5.05. The first-order chi connectivity index (χ1) is 13.5. The van der Waals surface area contributed by atoms with E-state index in [1.54, 1.807) is 17.0 Å². The first kappa shape index (κ1) is 18.5. The Morgan fingerprint density at radius 1 is 0.893 bits per heavy atom. The molecular formula is C21H20ClN3O3. The molecule has 0 aromatic heterocycles. The summed E-state index contributed by atoms with van der Waals surface area (Å²) in [4.78, 5) is 42.7. The lowest BCUT2D eigenvalue weighted by molar-refractivity contribution is -0.131. The van der Waals surface area contributed by atoms with Gasteiger partial charge in [0.05, 0.1) is 11.1 Å². The van der Waals surface area contributed by atoms with Crippen LogP contribution in [0.15, 0.2) is 48.5 Å². The van der Waals surface area contributed by atoms with Gasteiger partial charge in [0.1, 0.15) is 0 Å². The van der Waals surface area contributed by atoms with Gasteiger partial charge >= 0.3 is 0 Å². The summed E-state index contributed by atoms with van der Waals surface area (Å²) in [6.45, 7) is 2.88. The van der Waals surface area contributed by atoms with Crippen molar-refractivity contribution in [2.75, 3.05) is 37.6 Å². The maximum atomic E-state index is 12.6. The topological polar surface area (TPSA) is 60.9 Å². The first-order valence-electron chi connectivity index (χ1n) is 9.28. The van der Waals surface area contributed by atoms with E-state index in [1.165, 1.54) is 6.07 Å². The van der Waals surface area contributed by atoms with Crippen LogP contribution >= 0.6 is 11.6 Å². The van der Waals surface area contributed by atoms with E-state index in [0.29, 0.717) is 29.2 Å². The van der Waals surface area contributed by atoms with Gasteiger partial charge in [-0.25, -0.2) is 0 Å². The van der Waals surface area contributed by atoms with E-state index in [0.717, 1.165) is 23.7 Å². The van der Waals surface area contributed by atoms with E-state index in [9.17, 15) is 14.4 Å². The summed E-state index contributed by atoms with van der Waals surface area (Å²) in [6.07, 6.45) is 0.130. The molecule has 0 saturated carbocycles. The number of benzene rings is 2. The fourth-order valence-corrected chi connectivity index (χ4v) is 3.86. The van der Waals surface area contributed by atoms with Gasteiger partial charge in [-0.1, -0.05) is 29.8 Å². The Balaban J connectivity index is 1.32. The van der Waals surface area contributed by atoms with Gasteiger partial charge in [0.2, 0.25) is 5.91 Å². The van der Waals surface area contributed by atoms with E-state index in [-0.39, 0.29) is 30.7 Å². The lowest BCUT2D eigenvalue weighted by Crippen LogP contribution is -2.49. The van der Waals surface area contributed by atoms with Crippen LogP contribution in [0, 0.1) is 0 Å². The maximum absolute atomic E-state index is 12.6. The Morgan fingerprint density at radius 3 is 2.29 bits per heavy atom. The molecule has 2 heterocycles. The highest BCUT2D eigenvalue weighted by Gasteiger charge is 2.36. The highest BCUT2D eigenvalue weighted by Crippen LogP contribution is 2.26. The van der Waals surface area contributed by atoms with Crippen molar-refractivity contribution < 1.29 is 14.4 Å². The third-order valence-corrected chi connectivity index (χ3v) is 5.47. The van der Waals surface area contributed by atoms with Gasteiger partial charge < -0.3 is 9.80 Å². The molecule has 0 radical (unpaired) electrons. The summed E-state index contributed by atoms with van der Waals surface area (Å²) in [6, 6.07) is 14.8. The Morgan fingerprint density at radius 2 is 1.57 bits per heavy atom. The van der Waals surface area contributed by atoms with Crippen LogP contribution in [0.1, 0.15) is 27.1 Å². The molecule has 2 aromatic carbocycles. The number of halogens is 1. The van der Waals surface area contributed by atoms with Crippen LogP contribution in [-0.4, -0.2) is 60.2 Å². The molecule has 2 aliphatic heterocycles. The molecule has 0 atom stereocenters. The Labute approximate surface area is 168 Å². The lowest BCUT2D eigenvalue weighted by atomic mass is 10.1. The molecule has 28 heavy (non-hydrogen) atoms. The number of imide groups is 1. The molecule has 2 aliphatic rings. The van der Waals surface area contributed by atoms with E-state index >= 15 is 0 Å². The van der Waals surface area contributed by atoms with E-state index in [4.69, 9.17) is 11.6 Å².